The van der Waals surface area contributed by atoms with Gasteiger partial charge in [0.15, 0.2) is 0 Å². The molecule has 7 nitrogen and oxygen atoms in total. The van der Waals surface area contributed by atoms with Gasteiger partial charge in [0.1, 0.15) is 18.2 Å². The summed E-state index contributed by atoms with van der Waals surface area (Å²) in [5, 5.41) is 14.0. The van der Waals surface area contributed by atoms with Gasteiger partial charge in [0.25, 0.3) is 5.56 Å². The van der Waals surface area contributed by atoms with E-state index in [2.05, 4.69) is 11.4 Å². The number of amides is 1. The van der Waals surface area contributed by atoms with Crippen LogP contribution in [0.15, 0.2) is 27.1 Å². The highest BCUT2D eigenvalue weighted by Crippen LogP contribution is 2.16. The number of carbonyl (C=O) groups is 1. The molecule has 0 saturated carbocycles. The van der Waals surface area contributed by atoms with Crippen LogP contribution < -0.4 is 16.6 Å². The van der Waals surface area contributed by atoms with Crippen molar-refractivity contribution in [3.05, 3.63) is 54.5 Å². The van der Waals surface area contributed by atoms with Gasteiger partial charge in [-0.3, -0.25) is 14.2 Å². The molecule has 1 N–H and O–H groups in total. The topological polar surface area (TPSA) is 96.9 Å². The number of hydrogen-bond donors (Lipinski definition) is 1. The second-order valence-corrected chi connectivity index (χ2v) is 7.98. The van der Waals surface area contributed by atoms with E-state index in [-0.39, 0.29) is 12.1 Å². The highest BCUT2D eigenvalue weighted by atomic mass is 32.2. The van der Waals surface area contributed by atoms with Crippen LogP contribution in [-0.2, 0) is 30.1 Å². The predicted octanol–water partition coefficient (Wildman–Crippen LogP) is 0.939. The zero-order chi connectivity index (χ0) is 18.5. The van der Waals surface area contributed by atoms with Crippen molar-refractivity contribution in [2.24, 2.45) is 0 Å². The summed E-state index contributed by atoms with van der Waals surface area (Å²) < 4.78 is 2.30. The lowest BCUT2D eigenvalue weighted by Gasteiger charge is -2.11. The van der Waals surface area contributed by atoms with Crippen LogP contribution in [0.25, 0.3) is 0 Å². The van der Waals surface area contributed by atoms with Crippen molar-refractivity contribution < 1.29 is 4.79 Å². The summed E-state index contributed by atoms with van der Waals surface area (Å²) in [4.78, 5) is 38.2. The van der Waals surface area contributed by atoms with Gasteiger partial charge >= 0.3 is 5.69 Å². The minimum atomic E-state index is -0.673. The van der Waals surface area contributed by atoms with Gasteiger partial charge in [-0.15, -0.1) is 11.3 Å². The Bertz CT molecular complexity index is 954. The van der Waals surface area contributed by atoms with Crippen molar-refractivity contribution in [3.63, 3.8) is 0 Å². The Morgan fingerprint density at radius 1 is 1.42 bits per heavy atom. The van der Waals surface area contributed by atoms with Gasteiger partial charge in [-0.2, -0.15) is 17.0 Å². The molecule has 3 rings (SSSR count). The van der Waals surface area contributed by atoms with Crippen LogP contribution in [0.1, 0.15) is 22.6 Å². The van der Waals surface area contributed by atoms with Gasteiger partial charge in [-0.25, -0.2) is 9.36 Å². The van der Waals surface area contributed by atoms with E-state index in [1.165, 1.54) is 9.44 Å². The summed E-state index contributed by atoms with van der Waals surface area (Å²) in [5.74, 6) is 1.24. The number of rotatable bonds is 7. The summed E-state index contributed by atoms with van der Waals surface area (Å²) in [7, 11) is 0. The van der Waals surface area contributed by atoms with E-state index >= 15 is 0 Å². The third kappa shape index (κ3) is 3.92. The van der Waals surface area contributed by atoms with Crippen LogP contribution in [0.2, 0.25) is 0 Å². The van der Waals surface area contributed by atoms with Crippen molar-refractivity contribution in [2.45, 2.75) is 31.7 Å². The van der Waals surface area contributed by atoms with Gasteiger partial charge in [0.05, 0.1) is 0 Å². The Morgan fingerprint density at radius 3 is 3.00 bits per heavy atom. The summed E-state index contributed by atoms with van der Waals surface area (Å²) in [6.45, 7) is 0.577. The average Bonchev–Trinajstić information content (AvgIpc) is 3.30. The second-order valence-electron chi connectivity index (χ2n) is 5.84. The highest BCUT2D eigenvalue weighted by molar-refractivity contribution is 7.98. The van der Waals surface area contributed by atoms with Gasteiger partial charge in [-0.1, -0.05) is 6.07 Å². The lowest BCUT2D eigenvalue weighted by molar-refractivity contribution is -0.121. The molecule has 0 saturated heterocycles. The first-order valence-corrected chi connectivity index (χ1v) is 10.3. The standard InChI is InChI=1S/C17H18N4O3S2/c18-9-13-14-4-1-6-20(14)17(24)21(16(13)23)10-15(22)19-5-8-25-11-12-3-2-7-26-12/h2-3,7H,1,4-6,8,10-11H2,(H,19,22). The molecule has 0 bridgehead atoms. The number of nitrogens with zero attached hydrogens (tertiary/aromatic N) is 3. The van der Waals surface area contributed by atoms with Gasteiger partial charge in [0, 0.05) is 35.2 Å². The number of nitriles is 1. The summed E-state index contributed by atoms with van der Waals surface area (Å²) >= 11 is 3.40. The first-order valence-electron chi connectivity index (χ1n) is 8.25. The molecular formula is C17H18N4O3S2. The maximum atomic E-state index is 12.4. The minimum Gasteiger partial charge on any atom is -0.354 e. The maximum Gasteiger partial charge on any atom is 0.331 e. The Labute approximate surface area is 158 Å². The molecule has 9 heteroatoms. The van der Waals surface area contributed by atoms with Crippen LogP contribution in [-0.4, -0.2) is 27.3 Å². The lowest BCUT2D eigenvalue weighted by atomic mass is 10.2. The van der Waals surface area contributed by atoms with E-state index in [0.717, 1.165) is 22.5 Å². The molecular weight excluding hydrogens is 372 g/mol. The number of hydrogen-bond acceptors (Lipinski definition) is 6. The summed E-state index contributed by atoms with van der Waals surface area (Å²) in [6.07, 6.45) is 1.27. The Morgan fingerprint density at radius 2 is 2.27 bits per heavy atom. The average molecular weight is 390 g/mol. The molecule has 0 atom stereocenters. The zero-order valence-electron chi connectivity index (χ0n) is 14.1. The molecule has 0 spiro atoms. The lowest BCUT2D eigenvalue weighted by Crippen LogP contribution is -2.45. The molecule has 0 radical (unpaired) electrons. The Kier molecular flexibility index (Phi) is 5.96. The fourth-order valence-corrected chi connectivity index (χ4v) is 4.62. The Hall–Kier alpha value is -2.31. The summed E-state index contributed by atoms with van der Waals surface area (Å²) in [5.41, 5.74) is -0.720. The number of thiophene rings is 1. The normalized spacial score (nSPS) is 12.6. The van der Waals surface area contributed by atoms with Crippen LogP contribution in [0, 0.1) is 11.3 Å². The first-order chi connectivity index (χ1) is 12.6. The maximum absolute atomic E-state index is 12.4. The fourth-order valence-electron chi connectivity index (χ4n) is 2.92. The summed E-state index contributed by atoms with van der Waals surface area (Å²) in [6, 6.07) is 5.95. The van der Waals surface area contributed by atoms with Gasteiger partial charge in [-0.05, 0) is 24.3 Å². The first kappa shape index (κ1) is 18.5. The molecule has 1 amide bonds. The highest BCUT2D eigenvalue weighted by Gasteiger charge is 2.23. The molecule has 0 unspecified atom stereocenters. The monoisotopic (exact) mass is 390 g/mol. The number of carbonyl (C=O) groups excluding carboxylic acids is 1. The van der Waals surface area contributed by atoms with E-state index in [1.54, 1.807) is 23.1 Å². The molecule has 3 heterocycles. The predicted molar refractivity (Wildman–Crippen MR) is 101 cm³/mol. The molecule has 136 valence electrons. The van der Waals surface area contributed by atoms with Crippen molar-refractivity contribution in [2.75, 3.05) is 12.3 Å². The quantitative estimate of drug-likeness (QED) is 0.710. The number of fused-ring (bicyclic) bond motifs is 1. The van der Waals surface area contributed by atoms with Gasteiger partial charge < -0.3 is 5.32 Å². The molecule has 0 aromatic carbocycles. The molecule has 2 aromatic rings. The van der Waals surface area contributed by atoms with E-state index < -0.39 is 17.2 Å². The van der Waals surface area contributed by atoms with Crippen LogP contribution in [0.3, 0.4) is 0 Å². The smallest absolute Gasteiger partial charge is 0.331 e. The minimum absolute atomic E-state index is 0.0265. The number of thioether (sulfide) groups is 1. The number of aromatic nitrogens is 2. The third-order valence-electron chi connectivity index (χ3n) is 4.14. The van der Waals surface area contributed by atoms with E-state index in [1.807, 2.05) is 17.5 Å². The van der Waals surface area contributed by atoms with E-state index in [0.29, 0.717) is 25.2 Å². The zero-order valence-corrected chi connectivity index (χ0v) is 15.7. The van der Waals surface area contributed by atoms with E-state index in [4.69, 9.17) is 0 Å². The van der Waals surface area contributed by atoms with Crippen molar-refractivity contribution in [1.82, 2.24) is 14.5 Å². The van der Waals surface area contributed by atoms with Gasteiger partial charge in [0.2, 0.25) is 5.91 Å². The molecule has 0 aliphatic carbocycles. The molecule has 2 aromatic heterocycles. The van der Waals surface area contributed by atoms with E-state index in [9.17, 15) is 19.6 Å². The molecule has 1 aliphatic heterocycles. The SMILES string of the molecule is N#Cc1c2n(c(=O)n(CC(=O)NCCSCc3cccs3)c1=O)CCC2. The van der Waals surface area contributed by atoms with Crippen molar-refractivity contribution >= 4 is 29.0 Å². The van der Waals surface area contributed by atoms with Crippen LogP contribution in [0.4, 0.5) is 0 Å². The fraction of sp³-hybridized carbons (Fsp3) is 0.412. The second kappa shape index (κ2) is 8.38. The van der Waals surface area contributed by atoms with Crippen LogP contribution in [0.5, 0.6) is 0 Å². The molecule has 0 fully saturated rings. The third-order valence-corrected chi connectivity index (χ3v) is 6.20. The largest absolute Gasteiger partial charge is 0.354 e. The molecule has 26 heavy (non-hydrogen) atoms. The van der Waals surface area contributed by atoms with Crippen molar-refractivity contribution in [3.8, 4) is 6.07 Å². The van der Waals surface area contributed by atoms with Crippen molar-refractivity contribution in [1.29, 1.82) is 5.26 Å². The molecule has 1 aliphatic rings. The number of nitrogens with one attached hydrogen (secondary N) is 1. The van der Waals surface area contributed by atoms with Crippen LogP contribution >= 0.6 is 23.1 Å². The Balaban J connectivity index is 1.59.